The van der Waals surface area contributed by atoms with Crippen LogP contribution in [0.25, 0.3) is 5.69 Å². The minimum Gasteiger partial charge on any atom is -0.459 e. The van der Waals surface area contributed by atoms with Crippen LogP contribution in [0.5, 0.6) is 0 Å². The van der Waals surface area contributed by atoms with E-state index in [9.17, 15) is 9.59 Å². The van der Waals surface area contributed by atoms with Crippen molar-refractivity contribution in [3.63, 3.8) is 0 Å². The summed E-state index contributed by atoms with van der Waals surface area (Å²) in [5.41, 5.74) is 1.84. The van der Waals surface area contributed by atoms with Crippen LogP contribution in [-0.4, -0.2) is 32.9 Å². The van der Waals surface area contributed by atoms with Gasteiger partial charge in [0.25, 0.3) is 5.91 Å². The van der Waals surface area contributed by atoms with Gasteiger partial charge in [0.1, 0.15) is 5.69 Å². The summed E-state index contributed by atoms with van der Waals surface area (Å²) in [5.74, 6) is 0.212. The first-order valence-corrected chi connectivity index (χ1v) is 11.3. The van der Waals surface area contributed by atoms with E-state index in [0.29, 0.717) is 28.6 Å². The van der Waals surface area contributed by atoms with Gasteiger partial charge in [-0.1, -0.05) is 47.1 Å². The van der Waals surface area contributed by atoms with Gasteiger partial charge in [-0.25, -0.2) is 0 Å². The molecule has 1 aliphatic heterocycles. The van der Waals surface area contributed by atoms with Gasteiger partial charge in [0.05, 0.1) is 23.0 Å². The van der Waals surface area contributed by atoms with Gasteiger partial charge in [-0.05, 0) is 49.7 Å². The Morgan fingerprint density at radius 2 is 1.79 bits per heavy atom. The Morgan fingerprint density at radius 1 is 1.06 bits per heavy atom. The number of rotatable bonds is 4. The minimum absolute atomic E-state index is 0.132. The van der Waals surface area contributed by atoms with E-state index in [4.69, 9.17) is 16.0 Å². The number of furan rings is 1. The number of halogens is 1. The van der Waals surface area contributed by atoms with Gasteiger partial charge in [0.2, 0.25) is 5.91 Å². The summed E-state index contributed by atoms with van der Waals surface area (Å²) in [6, 6.07) is 19.2. The Labute approximate surface area is 201 Å². The summed E-state index contributed by atoms with van der Waals surface area (Å²) >= 11 is 6.49. The zero-order chi connectivity index (χ0) is 23.8. The highest BCUT2D eigenvalue weighted by atomic mass is 35.5. The molecule has 0 bridgehead atoms. The number of anilines is 2. The Balaban J connectivity index is 1.71. The molecule has 5 rings (SSSR count). The van der Waals surface area contributed by atoms with Crippen molar-refractivity contribution in [3.8, 4) is 5.69 Å². The van der Waals surface area contributed by atoms with Crippen molar-refractivity contribution in [2.45, 2.75) is 32.4 Å². The second-order valence-electron chi connectivity index (χ2n) is 8.14. The normalized spacial score (nSPS) is 17.3. The third-order valence-electron chi connectivity index (χ3n) is 5.94. The van der Waals surface area contributed by atoms with Gasteiger partial charge in [0.15, 0.2) is 11.6 Å². The molecule has 2 aromatic heterocycles. The summed E-state index contributed by atoms with van der Waals surface area (Å²) in [4.78, 5) is 29.7. The molecular formula is C25H22ClN5O3. The maximum Gasteiger partial charge on any atom is 0.295 e. The van der Waals surface area contributed by atoms with Crippen molar-refractivity contribution in [1.29, 1.82) is 0 Å². The van der Waals surface area contributed by atoms with Crippen molar-refractivity contribution in [2.24, 2.45) is 0 Å². The van der Waals surface area contributed by atoms with E-state index in [1.807, 2.05) is 49.4 Å². The molecule has 8 nitrogen and oxygen atoms in total. The number of benzene rings is 2. The van der Waals surface area contributed by atoms with Crippen molar-refractivity contribution < 1.29 is 14.0 Å². The SMILES string of the molecule is CC(=O)N(c1ccccc1)C1CC(C)N(C(=O)c2ccco2)c2c1nnn2-c1ccccc1Cl. The fourth-order valence-electron chi connectivity index (χ4n) is 4.48. The minimum atomic E-state index is -0.429. The number of hydrogen-bond acceptors (Lipinski definition) is 5. The van der Waals surface area contributed by atoms with Crippen LogP contribution in [-0.2, 0) is 4.79 Å². The van der Waals surface area contributed by atoms with Gasteiger partial charge < -0.3 is 9.32 Å². The number of para-hydroxylation sites is 2. The summed E-state index contributed by atoms with van der Waals surface area (Å²) in [6.45, 7) is 3.46. The Morgan fingerprint density at radius 3 is 2.47 bits per heavy atom. The molecule has 0 radical (unpaired) electrons. The first kappa shape index (κ1) is 21.9. The zero-order valence-corrected chi connectivity index (χ0v) is 19.4. The molecule has 34 heavy (non-hydrogen) atoms. The van der Waals surface area contributed by atoms with Crippen LogP contribution in [0.1, 0.15) is 42.6 Å². The molecule has 4 aromatic rings. The van der Waals surface area contributed by atoms with E-state index < -0.39 is 6.04 Å². The average molecular weight is 476 g/mol. The predicted octanol–water partition coefficient (Wildman–Crippen LogP) is 5.05. The third kappa shape index (κ3) is 3.66. The number of hydrogen-bond donors (Lipinski definition) is 0. The monoisotopic (exact) mass is 475 g/mol. The lowest BCUT2D eigenvalue weighted by molar-refractivity contribution is -0.117. The number of carbonyl (C=O) groups is 2. The molecule has 2 unspecified atom stereocenters. The van der Waals surface area contributed by atoms with Crippen LogP contribution in [0.4, 0.5) is 11.5 Å². The molecule has 0 fully saturated rings. The van der Waals surface area contributed by atoms with Crippen LogP contribution in [0, 0.1) is 0 Å². The first-order chi connectivity index (χ1) is 16.5. The van der Waals surface area contributed by atoms with Crippen molar-refractivity contribution in [1.82, 2.24) is 15.0 Å². The lowest BCUT2D eigenvalue weighted by atomic mass is 9.95. The Hall–Kier alpha value is -3.91. The van der Waals surface area contributed by atoms with Gasteiger partial charge in [-0.2, -0.15) is 4.68 Å². The maximum atomic E-state index is 13.5. The molecule has 172 valence electrons. The summed E-state index contributed by atoms with van der Waals surface area (Å²) in [5, 5.41) is 9.31. The second-order valence-corrected chi connectivity index (χ2v) is 8.55. The largest absolute Gasteiger partial charge is 0.459 e. The Kier molecular flexibility index (Phi) is 5.67. The van der Waals surface area contributed by atoms with Crippen molar-refractivity contribution >= 4 is 34.9 Å². The van der Waals surface area contributed by atoms with Gasteiger partial charge in [-0.3, -0.25) is 14.5 Å². The first-order valence-electron chi connectivity index (χ1n) is 10.9. The average Bonchev–Trinajstić information content (AvgIpc) is 3.51. The topological polar surface area (TPSA) is 84.5 Å². The molecule has 9 heteroatoms. The van der Waals surface area contributed by atoms with Gasteiger partial charge in [0, 0.05) is 18.7 Å². The van der Waals surface area contributed by atoms with E-state index >= 15 is 0 Å². The fourth-order valence-corrected chi connectivity index (χ4v) is 4.69. The van der Waals surface area contributed by atoms with E-state index in [2.05, 4.69) is 10.3 Å². The zero-order valence-electron chi connectivity index (χ0n) is 18.6. The number of aromatic nitrogens is 3. The summed E-state index contributed by atoms with van der Waals surface area (Å²) in [6.07, 6.45) is 1.93. The molecule has 0 N–H and O–H groups in total. The predicted molar refractivity (Wildman–Crippen MR) is 128 cm³/mol. The highest BCUT2D eigenvalue weighted by Gasteiger charge is 2.43. The highest BCUT2D eigenvalue weighted by molar-refractivity contribution is 6.32. The molecular weight excluding hydrogens is 454 g/mol. The van der Waals surface area contributed by atoms with E-state index in [0.717, 1.165) is 5.69 Å². The smallest absolute Gasteiger partial charge is 0.295 e. The molecule has 1 aliphatic rings. The third-order valence-corrected chi connectivity index (χ3v) is 6.26. The quantitative estimate of drug-likeness (QED) is 0.412. The summed E-state index contributed by atoms with van der Waals surface area (Å²) in [7, 11) is 0. The summed E-state index contributed by atoms with van der Waals surface area (Å²) < 4.78 is 6.97. The van der Waals surface area contributed by atoms with E-state index in [1.165, 1.54) is 13.2 Å². The van der Waals surface area contributed by atoms with Gasteiger partial charge in [-0.15, -0.1) is 5.10 Å². The number of amides is 2. The van der Waals surface area contributed by atoms with Crippen LogP contribution < -0.4 is 9.80 Å². The number of fused-ring (bicyclic) bond motifs is 1. The molecule has 2 atom stereocenters. The molecule has 0 aliphatic carbocycles. The number of nitrogens with zero attached hydrogens (tertiary/aromatic N) is 5. The lowest BCUT2D eigenvalue weighted by Crippen LogP contribution is -2.48. The standard InChI is InChI=1S/C25H22ClN5O3/c1-16-15-21(30(17(2)32)18-9-4-3-5-10-18)23-24(29(16)25(33)22-13-8-14-34-22)31(28-27-23)20-12-7-6-11-19(20)26/h3-14,16,21H,15H2,1-2H3. The highest BCUT2D eigenvalue weighted by Crippen LogP contribution is 2.43. The maximum absolute atomic E-state index is 13.5. The molecule has 3 heterocycles. The fraction of sp³-hybridized carbons (Fsp3) is 0.200. The van der Waals surface area contributed by atoms with Crippen LogP contribution >= 0.6 is 11.6 Å². The molecule has 0 saturated carbocycles. The lowest BCUT2D eigenvalue weighted by Gasteiger charge is -2.40. The molecule has 2 amide bonds. The van der Waals surface area contributed by atoms with Crippen LogP contribution in [0.15, 0.2) is 77.4 Å². The molecule has 0 saturated heterocycles. The molecule has 0 spiro atoms. The van der Waals surface area contributed by atoms with Gasteiger partial charge >= 0.3 is 0 Å². The van der Waals surface area contributed by atoms with Crippen molar-refractivity contribution in [3.05, 3.63) is 89.5 Å². The van der Waals surface area contributed by atoms with E-state index in [1.54, 1.807) is 38.7 Å². The van der Waals surface area contributed by atoms with Crippen LogP contribution in [0.2, 0.25) is 5.02 Å². The van der Waals surface area contributed by atoms with Crippen molar-refractivity contribution in [2.75, 3.05) is 9.80 Å². The Bertz CT molecular complexity index is 1340. The van der Waals surface area contributed by atoms with E-state index in [-0.39, 0.29) is 23.6 Å². The second kappa shape index (κ2) is 8.79. The number of carbonyl (C=O) groups excluding carboxylic acids is 2. The molecule has 2 aromatic carbocycles. The van der Waals surface area contributed by atoms with Crippen LogP contribution in [0.3, 0.4) is 0 Å².